The lowest BCUT2D eigenvalue weighted by Gasteiger charge is -2.35. The van der Waals surface area contributed by atoms with Crippen LogP contribution in [0.25, 0.3) is 0 Å². The van der Waals surface area contributed by atoms with E-state index in [0.29, 0.717) is 0 Å². The summed E-state index contributed by atoms with van der Waals surface area (Å²) < 4.78 is 0. The van der Waals surface area contributed by atoms with Gasteiger partial charge in [-0.1, -0.05) is 20.8 Å². The van der Waals surface area contributed by atoms with Gasteiger partial charge in [0.05, 0.1) is 0 Å². The maximum absolute atomic E-state index is 12.5. The molecule has 106 valence electrons. The molecule has 19 heavy (non-hydrogen) atoms. The van der Waals surface area contributed by atoms with Crippen LogP contribution in [0.4, 0.5) is 5.69 Å². The molecule has 4 heteroatoms. The molecular formula is C15H25N3O. The normalized spacial score (nSPS) is 13.0. The molecule has 3 N–H and O–H groups in total. The van der Waals surface area contributed by atoms with Gasteiger partial charge in [-0.25, -0.2) is 0 Å². The molecule has 0 aromatic heterocycles. The van der Waals surface area contributed by atoms with Crippen molar-refractivity contribution in [1.29, 1.82) is 0 Å². The van der Waals surface area contributed by atoms with E-state index in [0.717, 1.165) is 16.8 Å². The molecule has 0 heterocycles. The second-order valence-corrected chi connectivity index (χ2v) is 6.13. The van der Waals surface area contributed by atoms with Crippen molar-refractivity contribution in [2.45, 2.75) is 40.7 Å². The summed E-state index contributed by atoms with van der Waals surface area (Å²) in [5.41, 5.74) is 5.09. The minimum atomic E-state index is 0.0449. The molecule has 0 fully saturated rings. The first kappa shape index (κ1) is 15.5. The summed E-state index contributed by atoms with van der Waals surface area (Å²) in [6, 6.07) is 5.67. The van der Waals surface area contributed by atoms with Crippen LogP contribution in [0.15, 0.2) is 18.2 Å². The molecule has 1 aromatic carbocycles. The van der Waals surface area contributed by atoms with Crippen LogP contribution in [0.2, 0.25) is 0 Å². The van der Waals surface area contributed by atoms with E-state index in [9.17, 15) is 4.79 Å². The highest BCUT2D eigenvalue weighted by atomic mass is 16.2. The molecule has 4 nitrogen and oxygen atoms in total. The third kappa shape index (κ3) is 3.47. The summed E-state index contributed by atoms with van der Waals surface area (Å²) >= 11 is 0. The van der Waals surface area contributed by atoms with E-state index in [1.807, 2.05) is 32.2 Å². The largest absolute Gasteiger partial charge is 0.338 e. The first-order valence-electron chi connectivity index (χ1n) is 6.53. The van der Waals surface area contributed by atoms with Crippen LogP contribution in [-0.4, -0.2) is 23.9 Å². The van der Waals surface area contributed by atoms with Crippen molar-refractivity contribution < 1.29 is 4.79 Å². The van der Waals surface area contributed by atoms with Crippen LogP contribution in [0, 0.1) is 12.3 Å². The van der Waals surface area contributed by atoms with Gasteiger partial charge in [0.15, 0.2) is 0 Å². The van der Waals surface area contributed by atoms with Gasteiger partial charge in [-0.2, -0.15) is 0 Å². The van der Waals surface area contributed by atoms with Crippen molar-refractivity contribution >= 4 is 11.6 Å². The Balaban J connectivity index is 3.01. The molecule has 1 aromatic rings. The summed E-state index contributed by atoms with van der Waals surface area (Å²) in [6.07, 6.45) is 0. The number of hydrogen-bond donors (Lipinski definition) is 2. The Bertz CT molecular complexity index is 463. The number of aryl methyl sites for hydroxylation is 1. The number of amides is 1. The standard InChI is InChI=1S/C15H25N3O/c1-10-9-12(17-16)7-8-13(10)14(19)18(6)11(2)15(3,4)5/h7-9,11,17H,16H2,1-6H3. The van der Waals surface area contributed by atoms with Crippen molar-refractivity contribution in [3.05, 3.63) is 29.3 Å². The number of benzene rings is 1. The van der Waals surface area contributed by atoms with Crippen LogP contribution >= 0.6 is 0 Å². The summed E-state index contributed by atoms with van der Waals surface area (Å²) in [5, 5.41) is 0. The topological polar surface area (TPSA) is 58.4 Å². The SMILES string of the molecule is Cc1cc(NN)ccc1C(=O)N(C)C(C)C(C)(C)C. The predicted octanol–water partition coefficient (Wildman–Crippen LogP) is 2.79. The number of hydrazine groups is 1. The lowest BCUT2D eigenvalue weighted by Crippen LogP contribution is -2.43. The van der Waals surface area contributed by atoms with E-state index in [1.165, 1.54) is 0 Å². The Hall–Kier alpha value is -1.55. The van der Waals surface area contributed by atoms with E-state index >= 15 is 0 Å². The average molecular weight is 263 g/mol. The number of anilines is 1. The van der Waals surface area contributed by atoms with Gasteiger partial charge in [0.25, 0.3) is 5.91 Å². The number of hydrogen-bond acceptors (Lipinski definition) is 3. The molecule has 0 aliphatic rings. The Kier molecular flexibility index (Phi) is 4.58. The zero-order valence-corrected chi connectivity index (χ0v) is 12.7. The van der Waals surface area contributed by atoms with Crippen molar-refractivity contribution in [2.75, 3.05) is 12.5 Å². The number of nitrogens with two attached hydrogens (primary N) is 1. The number of carbonyl (C=O) groups excluding carboxylic acids is 1. The molecule has 0 bridgehead atoms. The average Bonchev–Trinajstić information content (AvgIpc) is 2.34. The smallest absolute Gasteiger partial charge is 0.254 e. The summed E-state index contributed by atoms with van der Waals surface area (Å²) in [7, 11) is 1.85. The van der Waals surface area contributed by atoms with Gasteiger partial charge in [0.2, 0.25) is 0 Å². The van der Waals surface area contributed by atoms with Crippen LogP contribution in [-0.2, 0) is 0 Å². The third-order valence-electron chi connectivity index (χ3n) is 3.78. The van der Waals surface area contributed by atoms with Crippen LogP contribution in [0.5, 0.6) is 0 Å². The number of nitrogen functional groups attached to an aromatic ring is 1. The molecule has 1 unspecified atom stereocenters. The van der Waals surface area contributed by atoms with Crippen LogP contribution in [0.1, 0.15) is 43.6 Å². The molecule has 1 atom stereocenters. The number of carbonyl (C=O) groups is 1. The minimum absolute atomic E-state index is 0.0449. The Morgan fingerprint density at radius 3 is 2.37 bits per heavy atom. The highest BCUT2D eigenvalue weighted by Crippen LogP contribution is 2.25. The highest BCUT2D eigenvalue weighted by Gasteiger charge is 2.28. The second-order valence-electron chi connectivity index (χ2n) is 6.13. The molecule has 1 amide bonds. The number of nitrogens with zero attached hydrogens (tertiary/aromatic N) is 1. The van der Waals surface area contributed by atoms with Gasteiger partial charge in [-0.15, -0.1) is 0 Å². The molecule has 0 aliphatic carbocycles. The quantitative estimate of drug-likeness (QED) is 0.651. The summed E-state index contributed by atoms with van der Waals surface area (Å²) in [4.78, 5) is 14.3. The zero-order chi connectivity index (χ0) is 14.8. The van der Waals surface area contributed by atoms with E-state index in [1.54, 1.807) is 4.90 Å². The fraction of sp³-hybridized carbons (Fsp3) is 0.533. The van der Waals surface area contributed by atoms with Gasteiger partial charge < -0.3 is 10.3 Å². The lowest BCUT2D eigenvalue weighted by atomic mass is 9.87. The Morgan fingerprint density at radius 2 is 1.95 bits per heavy atom. The molecule has 1 rings (SSSR count). The van der Waals surface area contributed by atoms with Gasteiger partial charge in [-0.3, -0.25) is 10.6 Å². The Labute approximate surface area is 115 Å². The highest BCUT2D eigenvalue weighted by molar-refractivity contribution is 5.96. The monoisotopic (exact) mass is 263 g/mol. The molecule has 0 radical (unpaired) electrons. The van der Waals surface area contributed by atoms with Gasteiger partial charge in [0.1, 0.15) is 0 Å². The van der Waals surface area contributed by atoms with Crippen molar-refractivity contribution in [2.24, 2.45) is 11.3 Å². The van der Waals surface area contributed by atoms with Gasteiger partial charge in [0, 0.05) is 24.3 Å². The van der Waals surface area contributed by atoms with E-state index in [4.69, 9.17) is 5.84 Å². The van der Waals surface area contributed by atoms with Gasteiger partial charge in [-0.05, 0) is 43.0 Å². The first-order valence-corrected chi connectivity index (χ1v) is 6.53. The fourth-order valence-corrected chi connectivity index (χ4v) is 1.94. The van der Waals surface area contributed by atoms with Crippen molar-refractivity contribution in [1.82, 2.24) is 4.90 Å². The number of rotatable bonds is 3. The van der Waals surface area contributed by atoms with E-state index in [-0.39, 0.29) is 17.4 Å². The second kappa shape index (κ2) is 5.61. The fourth-order valence-electron chi connectivity index (χ4n) is 1.94. The first-order chi connectivity index (χ1) is 8.68. The van der Waals surface area contributed by atoms with E-state index in [2.05, 4.69) is 33.1 Å². The summed E-state index contributed by atoms with van der Waals surface area (Å²) in [6.45, 7) is 10.4. The van der Waals surface area contributed by atoms with Crippen LogP contribution < -0.4 is 11.3 Å². The molecule has 0 saturated heterocycles. The molecule has 0 spiro atoms. The Morgan fingerprint density at radius 1 is 1.37 bits per heavy atom. The maximum atomic E-state index is 12.5. The molecule has 0 aliphatic heterocycles. The maximum Gasteiger partial charge on any atom is 0.254 e. The zero-order valence-electron chi connectivity index (χ0n) is 12.7. The predicted molar refractivity (Wildman–Crippen MR) is 80.0 cm³/mol. The summed E-state index contributed by atoms with van der Waals surface area (Å²) in [5.74, 6) is 5.41. The molecule has 0 saturated carbocycles. The van der Waals surface area contributed by atoms with Crippen molar-refractivity contribution in [3.63, 3.8) is 0 Å². The van der Waals surface area contributed by atoms with Crippen LogP contribution in [0.3, 0.4) is 0 Å². The third-order valence-corrected chi connectivity index (χ3v) is 3.78. The lowest BCUT2D eigenvalue weighted by molar-refractivity contribution is 0.0628. The number of nitrogens with one attached hydrogen (secondary N) is 1. The molecular weight excluding hydrogens is 238 g/mol. The minimum Gasteiger partial charge on any atom is -0.338 e. The van der Waals surface area contributed by atoms with Gasteiger partial charge >= 0.3 is 0 Å². The van der Waals surface area contributed by atoms with E-state index < -0.39 is 0 Å². The van der Waals surface area contributed by atoms with Crippen molar-refractivity contribution in [3.8, 4) is 0 Å².